The number of benzene rings is 2. The largest absolute Gasteiger partial charge is 0.451 e. The molecule has 0 unspecified atom stereocenters. The number of rotatable bonds is 8. The fourth-order valence-electron chi connectivity index (χ4n) is 2.97. The molecular formula is C22H22N2O3. The summed E-state index contributed by atoms with van der Waals surface area (Å²) in [7, 11) is 0. The van der Waals surface area contributed by atoms with Gasteiger partial charge in [-0.2, -0.15) is 0 Å². The molecule has 0 aliphatic heterocycles. The molecule has 5 nitrogen and oxygen atoms in total. The minimum atomic E-state index is -0.540. The second kappa shape index (κ2) is 9.38. The zero-order valence-corrected chi connectivity index (χ0v) is 14.9. The van der Waals surface area contributed by atoms with Crippen molar-refractivity contribution in [3.63, 3.8) is 0 Å². The van der Waals surface area contributed by atoms with Gasteiger partial charge in [0, 0.05) is 18.7 Å². The Morgan fingerprint density at radius 1 is 0.889 bits per heavy atom. The number of hydrogen-bond acceptors (Lipinski definition) is 3. The Hall–Kier alpha value is -3.34. The van der Waals surface area contributed by atoms with Gasteiger partial charge in [0.15, 0.2) is 6.61 Å². The van der Waals surface area contributed by atoms with Crippen LogP contribution in [0.15, 0.2) is 79.0 Å². The molecule has 0 bridgehead atoms. The molecular weight excluding hydrogens is 340 g/mol. The van der Waals surface area contributed by atoms with E-state index in [2.05, 4.69) is 34.6 Å². The second-order valence-electron chi connectivity index (χ2n) is 6.17. The predicted octanol–water partition coefficient (Wildman–Crippen LogP) is 3.51. The van der Waals surface area contributed by atoms with E-state index in [1.54, 1.807) is 18.3 Å². The molecule has 0 fully saturated rings. The maximum atomic E-state index is 12.0. The Morgan fingerprint density at radius 2 is 1.52 bits per heavy atom. The van der Waals surface area contributed by atoms with E-state index in [0.717, 1.165) is 6.42 Å². The highest BCUT2D eigenvalue weighted by Gasteiger charge is 2.15. The number of aromatic amines is 1. The average Bonchev–Trinajstić information content (AvgIpc) is 3.26. The van der Waals surface area contributed by atoms with E-state index in [0.29, 0.717) is 12.2 Å². The lowest BCUT2D eigenvalue weighted by atomic mass is 9.88. The Kier molecular flexibility index (Phi) is 6.41. The monoisotopic (exact) mass is 362 g/mol. The molecule has 27 heavy (non-hydrogen) atoms. The number of esters is 1. The normalized spacial score (nSPS) is 10.6. The molecule has 3 rings (SSSR count). The first-order valence-corrected chi connectivity index (χ1v) is 8.91. The number of nitrogens with one attached hydrogen (secondary N) is 2. The first-order valence-electron chi connectivity index (χ1n) is 8.91. The molecule has 0 atom stereocenters. The van der Waals surface area contributed by atoms with Crippen molar-refractivity contribution in [2.45, 2.75) is 12.3 Å². The van der Waals surface area contributed by atoms with Crippen molar-refractivity contribution < 1.29 is 14.3 Å². The molecule has 0 radical (unpaired) electrons. The molecule has 138 valence electrons. The quantitative estimate of drug-likeness (QED) is 0.603. The van der Waals surface area contributed by atoms with Gasteiger partial charge in [-0.05, 0) is 29.7 Å². The number of hydrogen-bond donors (Lipinski definition) is 2. The van der Waals surface area contributed by atoms with Crippen LogP contribution < -0.4 is 5.32 Å². The molecule has 1 heterocycles. The van der Waals surface area contributed by atoms with Gasteiger partial charge in [-0.1, -0.05) is 60.7 Å². The van der Waals surface area contributed by atoms with Gasteiger partial charge in [0.2, 0.25) is 0 Å². The van der Waals surface area contributed by atoms with E-state index in [9.17, 15) is 9.59 Å². The van der Waals surface area contributed by atoms with Crippen molar-refractivity contribution in [2.24, 2.45) is 0 Å². The number of H-pyrrole nitrogens is 1. The van der Waals surface area contributed by atoms with E-state index in [4.69, 9.17) is 4.74 Å². The smallest absolute Gasteiger partial charge is 0.355 e. The van der Waals surface area contributed by atoms with Gasteiger partial charge in [0.05, 0.1) is 0 Å². The van der Waals surface area contributed by atoms with E-state index in [1.807, 2.05) is 36.4 Å². The minimum Gasteiger partial charge on any atom is -0.451 e. The van der Waals surface area contributed by atoms with Crippen LogP contribution in [0.2, 0.25) is 0 Å². The summed E-state index contributed by atoms with van der Waals surface area (Å²) in [6.45, 7) is 0.201. The van der Waals surface area contributed by atoms with E-state index < -0.39 is 5.97 Å². The molecule has 0 aliphatic carbocycles. The summed E-state index contributed by atoms with van der Waals surface area (Å²) >= 11 is 0. The lowest BCUT2D eigenvalue weighted by Gasteiger charge is -2.18. The number of aromatic nitrogens is 1. The van der Waals surface area contributed by atoms with Crippen LogP contribution in [0.25, 0.3) is 0 Å². The van der Waals surface area contributed by atoms with Gasteiger partial charge in [0.1, 0.15) is 5.69 Å². The van der Waals surface area contributed by atoms with Crippen LogP contribution in [-0.2, 0) is 9.53 Å². The summed E-state index contributed by atoms with van der Waals surface area (Å²) in [6, 6.07) is 23.7. The summed E-state index contributed by atoms with van der Waals surface area (Å²) in [6.07, 6.45) is 2.38. The molecule has 2 aromatic carbocycles. The number of amides is 1. The van der Waals surface area contributed by atoms with Gasteiger partial charge in [-0.25, -0.2) is 4.79 Å². The Balaban J connectivity index is 1.52. The van der Waals surface area contributed by atoms with Crippen molar-refractivity contribution >= 4 is 11.9 Å². The molecule has 3 aromatic rings. The van der Waals surface area contributed by atoms with E-state index in [1.165, 1.54) is 11.1 Å². The highest BCUT2D eigenvalue weighted by atomic mass is 16.5. The number of carbonyl (C=O) groups is 2. The molecule has 2 N–H and O–H groups in total. The van der Waals surface area contributed by atoms with E-state index in [-0.39, 0.29) is 18.4 Å². The molecule has 1 amide bonds. The fourth-order valence-corrected chi connectivity index (χ4v) is 2.97. The van der Waals surface area contributed by atoms with Crippen molar-refractivity contribution in [1.82, 2.24) is 10.3 Å². The third kappa shape index (κ3) is 5.31. The summed E-state index contributed by atoms with van der Waals surface area (Å²) < 4.78 is 4.99. The van der Waals surface area contributed by atoms with Crippen molar-refractivity contribution in [1.29, 1.82) is 0 Å². The Bertz CT molecular complexity index is 806. The fraction of sp³-hybridized carbons (Fsp3) is 0.182. The molecule has 0 aliphatic rings. The Labute approximate surface area is 158 Å². The number of ether oxygens (including phenoxy) is 1. The van der Waals surface area contributed by atoms with Crippen LogP contribution in [0.4, 0.5) is 0 Å². The third-order valence-electron chi connectivity index (χ3n) is 4.31. The van der Waals surface area contributed by atoms with Crippen molar-refractivity contribution in [3.8, 4) is 0 Å². The summed E-state index contributed by atoms with van der Waals surface area (Å²) in [5.41, 5.74) is 2.74. The molecule has 1 aromatic heterocycles. The maximum absolute atomic E-state index is 12.0. The molecule has 0 saturated carbocycles. The van der Waals surface area contributed by atoms with Gasteiger partial charge in [-0.15, -0.1) is 0 Å². The van der Waals surface area contributed by atoms with Gasteiger partial charge in [0.25, 0.3) is 5.91 Å². The summed E-state index contributed by atoms with van der Waals surface area (Å²) in [4.78, 5) is 26.5. The second-order valence-corrected chi connectivity index (χ2v) is 6.17. The van der Waals surface area contributed by atoms with Crippen LogP contribution in [0, 0.1) is 0 Å². The van der Waals surface area contributed by atoms with Crippen LogP contribution >= 0.6 is 0 Å². The van der Waals surface area contributed by atoms with Crippen LogP contribution in [0.3, 0.4) is 0 Å². The van der Waals surface area contributed by atoms with Gasteiger partial charge in [-0.3, -0.25) is 4.79 Å². The highest BCUT2D eigenvalue weighted by Crippen LogP contribution is 2.27. The SMILES string of the molecule is O=C(COC(=O)c1ccc[nH]1)NCCC(c1ccccc1)c1ccccc1. The maximum Gasteiger partial charge on any atom is 0.355 e. The summed E-state index contributed by atoms with van der Waals surface area (Å²) in [5.74, 6) is -0.662. The standard InChI is InChI=1S/C22H22N2O3/c25-21(16-27-22(26)20-12-7-14-23-20)24-15-13-19(17-8-3-1-4-9-17)18-10-5-2-6-11-18/h1-12,14,19,23H,13,15-16H2,(H,24,25). The van der Waals surface area contributed by atoms with E-state index >= 15 is 0 Å². The highest BCUT2D eigenvalue weighted by molar-refractivity contribution is 5.89. The summed E-state index contributed by atoms with van der Waals surface area (Å²) in [5, 5.41) is 2.83. The van der Waals surface area contributed by atoms with Gasteiger partial charge < -0.3 is 15.0 Å². The zero-order valence-electron chi connectivity index (χ0n) is 14.9. The molecule has 0 spiro atoms. The first kappa shape index (κ1) is 18.5. The minimum absolute atomic E-state index is 0.189. The predicted molar refractivity (Wildman–Crippen MR) is 103 cm³/mol. The molecule has 0 saturated heterocycles. The lowest BCUT2D eigenvalue weighted by Crippen LogP contribution is -2.30. The molecule has 5 heteroatoms. The average molecular weight is 362 g/mol. The zero-order chi connectivity index (χ0) is 18.9. The lowest BCUT2D eigenvalue weighted by molar-refractivity contribution is -0.124. The van der Waals surface area contributed by atoms with Crippen LogP contribution in [-0.4, -0.2) is 30.0 Å². The van der Waals surface area contributed by atoms with Crippen molar-refractivity contribution in [2.75, 3.05) is 13.2 Å². The van der Waals surface area contributed by atoms with Crippen LogP contribution in [0.1, 0.15) is 34.0 Å². The van der Waals surface area contributed by atoms with Gasteiger partial charge >= 0.3 is 5.97 Å². The van der Waals surface area contributed by atoms with Crippen LogP contribution in [0.5, 0.6) is 0 Å². The number of carbonyl (C=O) groups excluding carboxylic acids is 2. The third-order valence-corrected chi connectivity index (χ3v) is 4.31. The first-order chi connectivity index (χ1) is 13.2. The topological polar surface area (TPSA) is 71.2 Å². The van der Waals surface area contributed by atoms with Crippen molar-refractivity contribution in [3.05, 3.63) is 95.8 Å². The Morgan fingerprint density at radius 3 is 2.07 bits per heavy atom.